The average molecular weight is 355 g/mol. The van der Waals surface area contributed by atoms with Gasteiger partial charge in [-0.1, -0.05) is 35.9 Å². The van der Waals surface area contributed by atoms with Gasteiger partial charge in [-0.3, -0.25) is 9.59 Å². The van der Waals surface area contributed by atoms with Crippen molar-refractivity contribution in [1.29, 1.82) is 0 Å². The molecule has 0 saturated heterocycles. The Kier molecular flexibility index (Phi) is 4.91. The molecular weight excluding hydrogens is 336 g/mol. The summed E-state index contributed by atoms with van der Waals surface area (Å²) in [7, 11) is 0. The lowest BCUT2D eigenvalue weighted by atomic mass is 10.1. The molecule has 5 heteroatoms. The summed E-state index contributed by atoms with van der Waals surface area (Å²) in [4.78, 5) is 24.7. The molecule has 0 aliphatic carbocycles. The van der Waals surface area contributed by atoms with E-state index in [1.807, 2.05) is 32.0 Å². The summed E-state index contributed by atoms with van der Waals surface area (Å²) in [6, 6.07) is 14.6. The number of nitrogens with one attached hydrogen (secondary N) is 1. The molecule has 0 aliphatic heterocycles. The maximum Gasteiger partial charge on any atom is 0.251 e. The molecule has 25 heavy (non-hydrogen) atoms. The van der Waals surface area contributed by atoms with E-state index in [0.29, 0.717) is 17.3 Å². The summed E-state index contributed by atoms with van der Waals surface area (Å²) in [6.07, 6.45) is 0.207. The molecule has 0 fully saturated rings. The van der Waals surface area contributed by atoms with Crippen molar-refractivity contribution < 1.29 is 4.79 Å². The molecule has 128 valence electrons. The van der Waals surface area contributed by atoms with Crippen LogP contribution in [0, 0.1) is 13.8 Å². The third-order valence-electron chi connectivity index (χ3n) is 4.21. The number of para-hydroxylation sites is 1. The third kappa shape index (κ3) is 3.74. The number of benzene rings is 2. The summed E-state index contributed by atoms with van der Waals surface area (Å²) in [5, 5.41) is 4.41. The Morgan fingerprint density at radius 1 is 1.08 bits per heavy atom. The van der Waals surface area contributed by atoms with Gasteiger partial charge in [-0.2, -0.15) is 0 Å². The predicted molar refractivity (Wildman–Crippen MR) is 102 cm³/mol. The Bertz CT molecular complexity index is 1010. The fourth-order valence-corrected chi connectivity index (χ4v) is 3.20. The lowest BCUT2D eigenvalue weighted by Crippen LogP contribution is -2.24. The molecule has 1 N–H and O–H groups in total. The van der Waals surface area contributed by atoms with Gasteiger partial charge in [-0.05, 0) is 43.2 Å². The van der Waals surface area contributed by atoms with Gasteiger partial charge in [-0.25, -0.2) is 0 Å². The number of aryl methyl sites for hydroxylation is 3. The Balaban J connectivity index is 1.84. The number of anilines is 1. The monoisotopic (exact) mass is 354 g/mol. The van der Waals surface area contributed by atoms with Crippen LogP contribution in [-0.2, 0) is 11.3 Å². The summed E-state index contributed by atoms with van der Waals surface area (Å²) in [5.74, 6) is -0.156. The number of nitrogens with zero attached hydrogens (tertiary/aromatic N) is 1. The zero-order chi connectivity index (χ0) is 18.0. The normalized spacial score (nSPS) is 10.8. The van der Waals surface area contributed by atoms with Crippen LogP contribution in [0.25, 0.3) is 10.9 Å². The Labute approximate surface area is 151 Å². The van der Waals surface area contributed by atoms with Crippen LogP contribution in [0.3, 0.4) is 0 Å². The molecule has 0 atom stereocenters. The molecule has 0 unspecified atom stereocenters. The van der Waals surface area contributed by atoms with Crippen molar-refractivity contribution in [3.8, 4) is 0 Å². The number of carbonyl (C=O) groups is 1. The molecule has 0 spiro atoms. The summed E-state index contributed by atoms with van der Waals surface area (Å²) in [6.45, 7) is 4.23. The van der Waals surface area contributed by atoms with Gasteiger partial charge in [0.25, 0.3) is 5.56 Å². The van der Waals surface area contributed by atoms with E-state index in [2.05, 4.69) is 5.32 Å². The molecule has 0 bridgehead atoms. The average Bonchev–Trinajstić information content (AvgIpc) is 2.55. The first kappa shape index (κ1) is 17.2. The molecule has 3 aromatic rings. The van der Waals surface area contributed by atoms with E-state index in [9.17, 15) is 9.59 Å². The Morgan fingerprint density at radius 2 is 1.84 bits per heavy atom. The second kappa shape index (κ2) is 7.11. The van der Waals surface area contributed by atoms with Crippen LogP contribution in [0.2, 0.25) is 5.02 Å². The highest BCUT2D eigenvalue weighted by atomic mass is 35.5. The van der Waals surface area contributed by atoms with Crippen molar-refractivity contribution >= 4 is 34.1 Å². The first-order valence-electron chi connectivity index (χ1n) is 8.11. The minimum Gasteiger partial charge on any atom is -0.326 e. The zero-order valence-corrected chi connectivity index (χ0v) is 14.9. The van der Waals surface area contributed by atoms with Gasteiger partial charge in [0.2, 0.25) is 5.91 Å². The van der Waals surface area contributed by atoms with Gasteiger partial charge in [0.05, 0.1) is 5.52 Å². The molecule has 1 heterocycles. The van der Waals surface area contributed by atoms with E-state index in [-0.39, 0.29) is 17.9 Å². The van der Waals surface area contributed by atoms with Crippen LogP contribution in [0.5, 0.6) is 0 Å². The van der Waals surface area contributed by atoms with Gasteiger partial charge in [0.1, 0.15) is 0 Å². The molecule has 4 nitrogen and oxygen atoms in total. The van der Waals surface area contributed by atoms with Gasteiger partial charge < -0.3 is 9.88 Å². The van der Waals surface area contributed by atoms with Crippen LogP contribution in [-0.4, -0.2) is 10.5 Å². The summed E-state index contributed by atoms with van der Waals surface area (Å²) < 4.78 is 1.68. The molecule has 3 rings (SSSR count). The predicted octanol–water partition coefficient (Wildman–Crippen LogP) is 4.30. The molecule has 0 saturated carbocycles. The van der Waals surface area contributed by atoms with E-state index in [4.69, 9.17) is 11.6 Å². The second-order valence-electron chi connectivity index (χ2n) is 6.10. The number of amides is 1. The quantitative estimate of drug-likeness (QED) is 0.759. The van der Waals surface area contributed by atoms with Gasteiger partial charge in [0.15, 0.2) is 0 Å². The van der Waals surface area contributed by atoms with E-state index < -0.39 is 0 Å². The minimum atomic E-state index is -0.156. The van der Waals surface area contributed by atoms with Crippen LogP contribution in [0.15, 0.2) is 53.3 Å². The number of rotatable bonds is 4. The van der Waals surface area contributed by atoms with Crippen molar-refractivity contribution in [3.05, 3.63) is 75.0 Å². The summed E-state index contributed by atoms with van der Waals surface area (Å²) in [5.41, 5.74) is 3.42. The van der Waals surface area contributed by atoms with Crippen molar-refractivity contribution in [3.63, 3.8) is 0 Å². The van der Waals surface area contributed by atoms with E-state index >= 15 is 0 Å². The minimum absolute atomic E-state index is 0.0881. The van der Waals surface area contributed by atoms with E-state index in [1.54, 1.807) is 34.9 Å². The van der Waals surface area contributed by atoms with Gasteiger partial charge in [0, 0.05) is 35.1 Å². The highest BCUT2D eigenvalue weighted by Crippen LogP contribution is 2.20. The highest BCUT2D eigenvalue weighted by Gasteiger charge is 2.10. The van der Waals surface area contributed by atoms with Crippen LogP contribution in [0.4, 0.5) is 5.69 Å². The SMILES string of the molecule is Cc1cc(=O)n(CCC(=O)Nc2cccc(Cl)c2)c2c(C)cccc12. The lowest BCUT2D eigenvalue weighted by molar-refractivity contribution is -0.116. The second-order valence-corrected chi connectivity index (χ2v) is 6.53. The number of fused-ring (bicyclic) bond motifs is 1. The zero-order valence-electron chi connectivity index (χ0n) is 14.2. The van der Waals surface area contributed by atoms with Gasteiger partial charge >= 0.3 is 0 Å². The number of hydrogen-bond acceptors (Lipinski definition) is 2. The Morgan fingerprint density at radius 3 is 2.60 bits per heavy atom. The fraction of sp³-hybridized carbons (Fsp3) is 0.200. The molecule has 2 aromatic carbocycles. The topological polar surface area (TPSA) is 51.1 Å². The van der Waals surface area contributed by atoms with Crippen LogP contribution in [0.1, 0.15) is 17.5 Å². The molecule has 1 aromatic heterocycles. The van der Waals surface area contributed by atoms with E-state index in [0.717, 1.165) is 22.0 Å². The largest absolute Gasteiger partial charge is 0.326 e. The van der Waals surface area contributed by atoms with E-state index in [1.165, 1.54) is 0 Å². The highest BCUT2D eigenvalue weighted by molar-refractivity contribution is 6.30. The number of halogens is 1. The van der Waals surface area contributed by atoms with Crippen LogP contribution >= 0.6 is 11.6 Å². The summed E-state index contributed by atoms with van der Waals surface area (Å²) >= 11 is 5.92. The van der Waals surface area contributed by atoms with Crippen molar-refractivity contribution in [2.24, 2.45) is 0 Å². The maximum atomic E-state index is 12.4. The van der Waals surface area contributed by atoms with Crippen LogP contribution < -0.4 is 10.9 Å². The molecule has 1 amide bonds. The Hall–Kier alpha value is -2.59. The number of carbonyl (C=O) groups excluding carboxylic acids is 1. The first-order chi connectivity index (χ1) is 12.0. The molecular formula is C20H19ClN2O2. The maximum absolute atomic E-state index is 12.4. The number of hydrogen-bond donors (Lipinski definition) is 1. The third-order valence-corrected chi connectivity index (χ3v) is 4.44. The van der Waals surface area contributed by atoms with Crippen molar-refractivity contribution in [2.45, 2.75) is 26.8 Å². The standard InChI is InChI=1S/C20H19ClN2O2/c1-13-5-3-8-17-14(2)11-19(25)23(20(13)17)10-9-18(24)22-16-7-4-6-15(21)12-16/h3-8,11-12H,9-10H2,1-2H3,(H,22,24). The lowest BCUT2D eigenvalue weighted by Gasteiger charge is -2.14. The first-order valence-corrected chi connectivity index (χ1v) is 8.48. The van der Waals surface area contributed by atoms with Gasteiger partial charge in [-0.15, -0.1) is 0 Å². The molecule has 0 radical (unpaired) electrons. The molecule has 0 aliphatic rings. The van der Waals surface area contributed by atoms with Crippen molar-refractivity contribution in [1.82, 2.24) is 4.57 Å². The number of aromatic nitrogens is 1. The number of pyridine rings is 1. The smallest absolute Gasteiger partial charge is 0.251 e. The van der Waals surface area contributed by atoms with Crippen molar-refractivity contribution in [2.75, 3.05) is 5.32 Å². The fourth-order valence-electron chi connectivity index (χ4n) is 3.01.